The topological polar surface area (TPSA) is 81.2 Å². The monoisotopic (exact) mass is 209 g/mol. The molecule has 0 heterocycles. The molecule has 0 aliphatic rings. The third-order valence-electron chi connectivity index (χ3n) is 2.07. The molecule has 0 bridgehead atoms. The highest BCUT2D eigenvalue weighted by Gasteiger charge is 2.13. The summed E-state index contributed by atoms with van der Waals surface area (Å²) in [6, 6.07) is 5.17. The number of nitro groups is 1. The van der Waals surface area contributed by atoms with Crippen molar-refractivity contribution in [1.29, 1.82) is 0 Å². The van der Waals surface area contributed by atoms with Gasteiger partial charge in [-0.1, -0.05) is 26.0 Å². The highest BCUT2D eigenvalue weighted by molar-refractivity contribution is 5.62. The van der Waals surface area contributed by atoms with Gasteiger partial charge in [-0.25, -0.2) is 0 Å². The van der Waals surface area contributed by atoms with Crippen LogP contribution in [-0.4, -0.2) is 11.0 Å². The van der Waals surface area contributed by atoms with Gasteiger partial charge in [0.15, 0.2) is 0 Å². The number of anilines is 1. The zero-order chi connectivity index (χ0) is 11.4. The van der Waals surface area contributed by atoms with E-state index in [0.717, 1.165) is 5.56 Å². The summed E-state index contributed by atoms with van der Waals surface area (Å²) >= 11 is 0. The molecule has 82 valence electrons. The van der Waals surface area contributed by atoms with Crippen LogP contribution in [0.25, 0.3) is 0 Å². The molecule has 5 heteroatoms. The van der Waals surface area contributed by atoms with Gasteiger partial charge in [-0.05, 0) is 5.56 Å². The van der Waals surface area contributed by atoms with Gasteiger partial charge in [0.25, 0.3) is 5.69 Å². The van der Waals surface area contributed by atoms with E-state index in [2.05, 4.69) is 5.32 Å². The summed E-state index contributed by atoms with van der Waals surface area (Å²) in [7, 11) is 0. The molecule has 3 N–H and O–H groups in total. The van der Waals surface area contributed by atoms with Crippen molar-refractivity contribution in [3.63, 3.8) is 0 Å². The second-order valence-electron chi connectivity index (χ2n) is 3.64. The van der Waals surface area contributed by atoms with E-state index in [-0.39, 0.29) is 11.4 Å². The summed E-state index contributed by atoms with van der Waals surface area (Å²) in [5.74, 6) is 0. The molecule has 0 aromatic heterocycles. The molecule has 0 aliphatic heterocycles. The quantitative estimate of drug-likeness (QED) is 0.449. The van der Waals surface area contributed by atoms with E-state index in [4.69, 9.17) is 5.73 Å². The molecule has 1 aromatic rings. The van der Waals surface area contributed by atoms with Crippen molar-refractivity contribution in [3.05, 3.63) is 33.9 Å². The van der Waals surface area contributed by atoms with Crippen molar-refractivity contribution >= 4 is 11.4 Å². The van der Waals surface area contributed by atoms with Gasteiger partial charge in [0, 0.05) is 18.7 Å². The summed E-state index contributed by atoms with van der Waals surface area (Å²) in [5, 5.41) is 13.8. The van der Waals surface area contributed by atoms with E-state index in [9.17, 15) is 10.1 Å². The van der Waals surface area contributed by atoms with Crippen molar-refractivity contribution in [3.8, 4) is 0 Å². The lowest BCUT2D eigenvalue weighted by atomic mass is 10.1. The average molecular weight is 209 g/mol. The van der Waals surface area contributed by atoms with Crippen LogP contribution >= 0.6 is 0 Å². The van der Waals surface area contributed by atoms with Crippen LogP contribution in [0.2, 0.25) is 0 Å². The van der Waals surface area contributed by atoms with Gasteiger partial charge in [-0.15, -0.1) is 0 Å². The number of para-hydroxylation sites is 1. The Kier molecular flexibility index (Phi) is 3.62. The zero-order valence-electron chi connectivity index (χ0n) is 8.86. The molecule has 0 spiro atoms. The van der Waals surface area contributed by atoms with E-state index < -0.39 is 4.92 Å². The van der Waals surface area contributed by atoms with E-state index in [1.807, 2.05) is 13.8 Å². The fraction of sp³-hybridized carbons (Fsp3) is 0.400. The first-order chi connectivity index (χ1) is 7.02. The van der Waals surface area contributed by atoms with Crippen LogP contribution < -0.4 is 11.1 Å². The third kappa shape index (κ3) is 2.92. The van der Waals surface area contributed by atoms with Crippen molar-refractivity contribution in [1.82, 2.24) is 5.32 Å². The molecule has 0 unspecified atom stereocenters. The number of nitrogens with zero attached hydrogens (tertiary/aromatic N) is 1. The number of benzene rings is 1. The van der Waals surface area contributed by atoms with Crippen molar-refractivity contribution < 1.29 is 4.92 Å². The van der Waals surface area contributed by atoms with Gasteiger partial charge in [0.2, 0.25) is 0 Å². The number of hydrogen-bond donors (Lipinski definition) is 2. The summed E-state index contributed by atoms with van der Waals surface area (Å²) in [4.78, 5) is 10.2. The zero-order valence-corrected chi connectivity index (χ0v) is 8.86. The lowest BCUT2D eigenvalue weighted by Crippen LogP contribution is -2.22. The first-order valence-corrected chi connectivity index (χ1v) is 4.77. The Labute approximate surface area is 88.4 Å². The summed E-state index contributed by atoms with van der Waals surface area (Å²) in [5.41, 5.74) is 6.67. The summed E-state index contributed by atoms with van der Waals surface area (Å²) < 4.78 is 0. The molecule has 0 radical (unpaired) electrons. The van der Waals surface area contributed by atoms with E-state index in [1.54, 1.807) is 12.1 Å². The fourth-order valence-corrected chi connectivity index (χ4v) is 1.23. The maximum Gasteiger partial charge on any atom is 0.292 e. The molecule has 0 atom stereocenters. The molecule has 1 rings (SSSR count). The van der Waals surface area contributed by atoms with Crippen molar-refractivity contribution in [2.45, 2.75) is 26.4 Å². The molecule has 0 fully saturated rings. The van der Waals surface area contributed by atoms with Gasteiger partial charge in [-0.3, -0.25) is 10.1 Å². The van der Waals surface area contributed by atoms with Crippen LogP contribution in [0.1, 0.15) is 19.4 Å². The van der Waals surface area contributed by atoms with Crippen molar-refractivity contribution in [2.75, 3.05) is 5.73 Å². The Morgan fingerprint density at radius 3 is 2.73 bits per heavy atom. The Bertz CT molecular complexity index is 364. The minimum absolute atomic E-state index is 0.0296. The summed E-state index contributed by atoms with van der Waals surface area (Å²) in [6.07, 6.45) is 0. The van der Waals surface area contributed by atoms with E-state index in [1.165, 1.54) is 6.07 Å². The van der Waals surface area contributed by atoms with Crippen molar-refractivity contribution in [2.24, 2.45) is 0 Å². The summed E-state index contributed by atoms with van der Waals surface area (Å²) in [6.45, 7) is 4.56. The standard InChI is InChI=1S/C10H15N3O2/c1-7(2)12-6-8-4-3-5-9(10(8)11)13(14)15/h3-5,7,12H,6,11H2,1-2H3. The molecule has 1 aromatic carbocycles. The molecule has 0 saturated carbocycles. The number of hydrogen-bond acceptors (Lipinski definition) is 4. The molecular formula is C10H15N3O2. The molecular weight excluding hydrogens is 194 g/mol. The lowest BCUT2D eigenvalue weighted by molar-refractivity contribution is -0.383. The Morgan fingerprint density at radius 1 is 1.53 bits per heavy atom. The normalized spacial score (nSPS) is 10.6. The van der Waals surface area contributed by atoms with Gasteiger partial charge in [-0.2, -0.15) is 0 Å². The van der Waals surface area contributed by atoms with Crippen LogP contribution in [-0.2, 0) is 6.54 Å². The molecule has 0 saturated heterocycles. The number of nitrogen functional groups attached to an aromatic ring is 1. The largest absolute Gasteiger partial charge is 0.393 e. The third-order valence-corrected chi connectivity index (χ3v) is 2.07. The number of nitro benzene ring substituents is 1. The minimum atomic E-state index is -0.464. The average Bonchev–Trinajstić information content (AvgIpc) is 2.15. The van der Waals surface area contributed by atoms with Crippen LogP contribution in [0, 0.1) is 10.1 Å². The van der Waals surface area contributed by atoms with Gasteiger partial charge in [0.05, 0.1) is 4.92 Å². The minimum Gasteiger partial charge on any atom is -0.393 e. The lowest BCUT2D eigenvalue weighted by Gasteiger charge is -2.09. The van der Waals surface area contributed by atoms with Crippen LogP contribution in [0.15, 0.2) is 18.2 Å². The molecule has 15 heavy (non-hydrogen) atoms. The SMILES string of the molecule is CC(C)NCc1cccc([N+](=O)[O-])c1N. The molecule has 5 nitrogen and oxygen atoms in total. The number of rotatable bonds is 4. The smallest absolute Gasteiger partial charge is 0.292 e. The van der Waals surface area contributed by atoms with Crippen LogP contribution in [0.5, 0.6) is 0 Å². The van der Waals surface area contributed by atoms with Gasteiger partial charge < -0.3 is 11.1 Å². The highest BCUT2D eigenvalue weighted by Crippen LogP contribution is 2.24. The predicted octanol–water partition coefficient (Wildman–Crippen LogP) is 1.67. The van der Waals surface area contributed by atoms with Crippen LogP contribution in [0.4, 0.5) is 11.4 Å². The molecule has 0 amide bonds. The Morgan fingerprint density at radius 2 is 2.20 bits per heavy atom. The maximum absolute atomic E-state index is 10.6. The fourth-order valence-electron chi connectivity index (χ4n) is 1.23. The van der Waals surface area contributed by atoms with Crippen LogP contribution in [0.3, 0.4) is 0 Å². The van der Waals surface area contributed by atoms with Gasteiger partial charge in [0.1, 0.15) is 5.69 Å². The highest BCUT2D eigenvalue weighted by atomic mass is 16.6. The number of nitrogens with one attached hydrogen (secondary N) is 1. The van der Waals surface area contributed by atoms with E-state index in [0.29, 0.717) is 12.6 Å². The second kappa shape index (κ2) is 4.75. The molecule has 0 aliphatic carbocycles. The second-order valence-corrected chi connectivity index (χ2v) is 3.64. The maximum atomic E-state index is 10.6. The van der Waals surface area contributed by atoms with E-state index >= 15 is 0 Å². The van der Waals surface area contributed by atoms with Gasteiger partial charge >= 0.3 is 0 Å². The predicted molar refractivity (Wildman–Crippen MR) is 59.5 cm³/mol. The number of nitrogens with two attached hydrogens (primary N) is 1. The first kappa shape index (κ1) is 11.5. The first-order valence-electron chi connectivity index (χ1n) is 4.77. The Hall–Kier alpha value is -1.62. The Balaban J connectivity index is 2.89.